The van der Waals surface area contributed by atoms with Crippen LogP contribution in [-0.2, 0) is 24.3 Å². The number of benzene rings is 1. The van der Waals surface area contributed by atoms with E-state index in [0.29, 0.717) is 24.7 Å². The number of aromatic nitrogens is 5. The average molecular weight is 438 g/mol. The number of aryl methyl sites for hydroxylation is 1. The number of aromatic amines is 1. The molecule has 0 spiro atoms. The summed E-state index contributed by atoms with van der Waals surface area (Å²) in [5.41, 5.74) is 9.04. The van der Waals surface area contributed by atoms with Crippen molar-refractivity contribution in [3.05, 3.63) is 53.4 Å². The molecule has 0 radical (unpaired) electrons. The van der Waals surface area contributed by atoms with Gasteiger partial charge in [0.1, 0.15) is 18.2 Å². The molecule has 156 valence electrons. The molecule has 0 saturated carbocycles. The van der Waals surface area contributed by atoms with E-state index in [1.54, 1.807) is 4.68 Å². The lowest BCUT2D eigenvalue weighted by Gasteiger charge is -2.26. The molecule has 3 heterocycles. The van der Waals surface area contributed by atoms with Crippen molar-refractivity contribution < 1.29 is 4.79 Å². The van der Waals surface area contributed by atoms with Gasteiger partial charge in [-0.3, -0.25) is 4.79 Å². The summed E-state index contributed by atoms with van der Waals surface area (Å²) in [5, 5.41) is 4.54. The number of rotatable bonds is 4. The molecule has 3 N–H and O–H groups in total. The van der Waals surface area contributed by atoms with Gasteiger partial charge in [0.2, 0.25) is 5.91 Å². The van der Waals surface area contributed by atoms with Crippen LogP contribution in [0.25, 0.3) is 11.4 Å². The highest BCUT2D eigenvalue weighted by Crippen LogP contribution is 2.20. The summed E-state index contributed by atoms with van der Waals surface area (Å²) in [7, 11) is 0. The highest BCUT2D eigenvalue weighted by Gasteiger charge is 2.25. The number of hydrogen-bond acceptors (Lipinski definition) is 5. The fraction of sp³-hybridized carbons (Fsp3) is 0.368. The summed E-state index contributed by atoms with van der Waals surface area (Å²) in [5.74, 6) is 2.08. The average Bonchev–Trinajstić information content (AvgIpc) is 3.24. The summed E-state index contributed by atoms with van der Waals surface area (Å²) in [6, 6.07) is 9.39. The maximum absolute atomic E-state index is 12.9. The molecule has 1 amide bonds. The molecule has 3 aromatic rings. The highest BCUT2D eigenvalue weighted by atomic mass is 35.5. The Labute approximate surface area is 181 Å². The Morgan fingerprint density at radius 1 is 1.24 bits per heavy atom. The molecule has 4 rings (SSSR count). The van der Waals surface area contributed by atoms with Crippen LogP contribution in [0.3, 0.4) is 0 Å². The number of carbonyl (C=O) groups excluding carboxylic acids is 1. The molecule has 0 unspecified atom stereocenters. The second-order valence-electron chi connectivity index (χ2n) is 6.92. The van der Waals surface area contributed by atoms with Crippen LogP contribution in [0, 0.1) is 6.92 Å². The quantitative estimate of drug-likeness (QED) is 0.651. The van der Waals surface area contributed by atoms with Gasteiger partial charge in [-0.25, -0.2) is 14.6 Å². The van der Waals surface area contributed by atoms with E-state index >= 15 is 0 Å². The standard InChI is InChI=1S/C19H23N7O.2ClH/c1-12(20)19-23-18(14-6-4-3-5-7-14)24-26(19)11-17(27)25-9-8-15-16(10-25)22-13(2)21-15;;/h3-7,12H,8-11,20H2,1-2H3,(H,21,22);2*1H/t12-;;/m0../s1. The molecule has 1 atom stereocenters. The number of imidazole rings is 1. The lowest BCUT2D eigenvalue weighted by molar-refractivity contribution is -0.133. The minimum absolute atomic E-state index is 0. The van der Waals surface area contributed by atoms with Crippen molar-refractivity contribution in [2.24, 2.45) is 5.73 Å². The first-order valence-corrected chi connectivity index (χ1v) is 9.09. The highest BCUT2D eigenvalue weighted by molar-refractivity contribution is 5.85. The molecule has 0 bridgehead atoms. The van der Waals surface area contributed by atoms with Crippen LogP contribution in [0.1, 0.15) is 36.0 Å². The van der Waals surface area contributed by atoms with E-state index in [1.165, 1.54) is 0 Å². The zero-order chi connectivity index (χ0) is 19.0. The van der Waals surface area contributed by atoms with Gasteiger partial charge in [-0.05, 0) is 13.8 Å². The van der Waals surface area contributed by atoms with Gasteiger partial charge in [-0.1, -0.05) is 30.3 Å². The minimum atomic E-state index is -0.314. The predicted molar refractivity (Wildman–Crippen MR) is 115 cm³/mol. The number of nitrogens with zero attached hydrogens (tertiary/aromatic N) is 5. The fourth-order valence-corrected chi connectivity index (χ4v) is 3.39. The molecule has 0 saturated heterocycles. The Hall–Kier alpha value is -2.42. The molecule has 2 aromatic heterocycles. The van der Waals surface area contributed by atoms with Crippen molar-refractivity contribution in [1.29, 1.82) is 0 Å². The molecule has 0 aliphatic carbocycles. The van der Waals surface area contributed by atoms with E-state index in [1.807, 2.05) is 49.1 Å². The third kappa shape index (κ3) is 4.77. The summed E-state index contributed by atoms with van der Waals surface area (Å²) < 4.78 is 1.63. The molecule has 8 nitrogen and oxygen atoms in total. The Morgan fingerprint density at radius 2 is 1.97 bits per heavy atom. The number of amides is 1. The second kappa shape index (κ2) is 9.39. The van der Waals surface area contributed by atoms with Crippen molar-refractivity contribution in [1.82, 2.24) is 29.6 Å². The maximum Gasteiger partial charge on any atom is 0.244 e. The summed E-state index contributed by atoms with van der Waals surface area (Å²) in [4.78, 5) is 27.0. The van der Waals surface area contributed by atoms with Crippen molar-refractivity contribution in [2.45, 2.75) is 39.4 Å². The van der Waals surface area contributed by atoms with E-state index in [4.69, 9.17) is 5.73 Å². The first-order valence-electron chi connectivity index (χ1n) is 9.09. The molecule has 0 fully saturated rings. The molecule has 1 aliphatic heterocycles. The van der Waals surface area contributed by atoms with E-state index in [2.05, 4.69) is 20.1 Å². The van der Waals surface area contributed by atoms with Crippen molar-refractivity contribution in [3.8, 4) is 11.4 Å². The van der Waals surface area contributed by atoms with Gasteiger partial charge in [0.25, 0.3) is 0 Å². The minimum Gasteiger partial charge on any atom is -0.344 e. The van der Waals surface area contributed by atoms with Gasteiger partial charge >= 0.3 is 0 Å². The van der Waals surface area contributed by atoms with E-state index in [9.17, 15) is 4.79 Å². The number of halogens is 2. The number of carbonyl (C=O) groups is 1. The van der Waals surface area contributed by atoms with Gasteiger partial charge in [-0.2, -0.15) is 5.10 Å². The number of H-pyrrole nitrogens is 1. The van der Waals surface area contributed by atoms with Crippen molar-refractivity contribution >= 4 is 30.7 Å². The normalized spacial score (nSPS) is 13.8. The molecule has 1 aromatic carbocycles. The number of nitrogens with two attached hydrogens (primary N) is 1. The van der Waals surface area contributed by atoms with Crippen LogP contribution in [0.15, 0.2) is 30.3 Å². The van der Waals surface area contributed by atoms with Gasteiger partial charge in [0.15, 0.2) is 5.82 Å². The van der Waals surface area contributed by atoms with Gasteiger partial charge in [-0.15, -0.1) is 24.8 Å². The predicted octanol–water partition coefficient (Wildman–Crippen LogP) is 2.42. The number of fused-ring (bicyclic) bond motifs is 1. The zero-order valence-corrected chi connectivity index (χ0v) is 18.0. The SMILES string of the molecule is Cc1nc2c([nH]1)CN(C(=O)Cn1nc(-c3ccccc3)nc1[C@H](C)N)CC2.Cl.Cl. The number of hydrogen-bond donors (Lipinski definition) is 2. The fourth-order valence-electron chi connectivity index (χ4n) is 3.39. The van der Waals surface area contributed by atoms with E-state index < -0.39 is 0 Å². The van der Waals surface area contributed by atoms with Crippen LogP contribution < -0.4 is 5.73 Å². The van der Waals surface area contributed by atoms with Crippen molar-refractivity contribution in [3.63, 3.8) is 0 Å². The smallest absolute Gasteiger partial charge is 0.244 e. The van der Waals surface area contributed by atoms with Crippen LogP contribution in [0.2, 0.25) is 0 Å². The Bertz CT molecular complexity index is 968. The lowest BCUT2D eigenvalue weighted by atomic mass is 10.1. The Morgan fingerprint density at radius 3 is 2.66 bits per heavy atom. The van der Waals surface area contributed by atoms with E-state index in [0.717, 1.165) is 29.2 Å². The third-order valence-electron chi connectivity index (χ3n) is 4.73. The number of nitrogens with one attached hydrogen (secondary N) is 1. The summed E-state index contributed by atoms with van der Waals surface area (Å²) in [6.45, 7) is 5.10. The van der Waals surface area contributed by atoms with E-state index in [-0.39, 0.29) is 43.3 Å². The monoisotopic (exact) mass is 437 g/mol. The topological polar surface area (TPSA) is 106 Å². The molecule has 29 heavy (non-hydrogen) atoms. The van der Waals surface area contributed by atoms with Crippen LogP contribution >= 0.6 is 24.8 Å². The van der Waals surface area contributed by atoms with Gasteiger partial charge < -0.3 is 15.6 Å². The zero-order valence-electron chi connectivity index (χ0n) is 16.3. The summed E-state index contributed by atoms with van der Waals surface area (Å²) >= 11 is 0. The molecular formula is C19H25Cl2N7O. The lowest BCUT2D eigenvalue weighted by Crippen LogP contribution is -2.38. The molecular weight excluding hydrogens is 413 g/mol. The Kier molecular flexibility index (Phi) is 7.40. The Balaban J connectivity index is 0.00000150. The third-order valence-corrected chi connectivity index (χ3v) is 4.73. The summed E-state index contributed by atoms with van der Waals surface area (Å²) in [6.07, 6.45) is 0.762. The largest absolute Gasteiger partial charge is 0.344 e. The van der Waals surface area contributed by atoms with Crippen LogP contribution in [0.4, 0.5) is 0 Å². The first kappa shape index (κ1) is 22.9. The molecule has 1 aliphatic rings. The first-order chi connectivity index (χ1) is 13.0. The van der Waals surface area contributed by atoms with Crippen LogP contribution in [0.5, 0.6) is 0 Å². The van der Waals surface area contributed by atoms with Crippen LogP contribution in [-0.4, -0.2) is 42.1 Å². The molecule has 10 heteroatoms. The van der Waals surface area contributed by atoms with Crippen molar-refractivity contribution in [2.75, 3.05) is 6.54 Å². The maximum atomic E-state index is 12.9. The van der Waals surface area contributed by atoms with Gasteiger partial charge in [0.05, 0.1) is 24.0 Å². The van der Waals surface area contributed by atoms with Gasteiger partial charge in [0, 0.05) is 18.5 Å². The second-order valence-corrected chi connectivity index (χ2v) is 6.92.